The van der Waals surface area contributed by atoms with Crippen molar-refractivity contribution in [2.75, 3.05) is 19.6 Å². The van der Waals surface area contributed by atoms with E-state index in [1.165, 1.54) is 50.8 Å². The van der Waals surface area contributed by atoms with Crippen molar-refractivity contribution in [1.82, 2.24) is 4.90 Å². The first-order chi connectivity index (χ1) is 15.0. The summed E-state index contributed by atoms with van der Waals surface area (Å²) in [6.07, 6.45) is 3.93. The number of carboxylic acids is 3. The molecule has 32 heavy (non-hydrogen) atoms. The number of rotatable bonds is 11. The first-order valence-corrected chi connectivity index (χ1v) is 10.9. The van der Waals surface area contributed by atoms with Crippen LogP contribution in [0.1, 0.15) is 64.4 Å². The van der Waals surface area contributed by atoms with Crippen LogP contribution in [0.25, 0.3) is 0 Å². The predicted molar refractivity (Wildman–Crippen MR) is 118 cm³/mol. The van der Waals surface area contributed by atoms with Crippen LogP contribution in [0.4, 0.5) is 0 Å². The lowest BCUT2D eigenvalue weighted by molar-refractivity contribution is -0.170. The summed E-state index contributed by atoms with van der Waals surface area (Å²) >= 11 is 0. The van der Waals surface area contributed by atoms with Gasteiger partial charge >= 0.3 is 17.9 Å². The van der Waals surface area contributed by atoms with Gasteiger partial charge in [0.05, 0.1) is 12.8 Å². The number of nitrogens with zero attached hydrogens (tertiary/aromatic N) is 1. The first kappa shape index (κ1) is 27.4. The smallest absolute Gasteiger partial charge is 0.336 e. The lowest BCUT2D eigenvalue weighted by atomic mass is 9.76. The molecule has 1 fully saturated rings. The highest BCUT2D eigenvalue weighted by Gasteiger charge is 2.41. The van der Waals surface area contributed by atoms with E-state index in [0.29, 0.717) is 5.75 Å². The summed E-state index contributed by atoms with van der Waals surface area (Å²) in [6.45, 7) is 8.10. The predicted octanol–water partition coefficient (Wildman–Crippen LogP) is 2.69. The molecule has 1 unspecified atom stereocenters. The Hall–Kier alpha value is -2.65. The summed E-state index contributed by atoms with van der Waals surface area (Å²) < 4.78 is 0. The van der Waals surface area contributed by atoms with Crippen LogP contribution in [0, 0.1) is 0 Å². The number of aliphatic hydroxyl groups is 1. The van der Waals surface area contributed by atoms with E-state index in [4.69, 9.17) is 20.4 Å². The van der Waals surface area contributed by atoms with Crippen molar-refractivity contribution >= 4 is 17.9 Å². The zero-order valence-electron chi connectivity index (χ0n) is 18.8. The molecule has 1 saturated heterocycles. The molecule has 1 aliphatic rings. The van der Waals surface area contributed by atoms with Gasteiger partial charge in [-0.2, -0.15) is 0 Å². The zero-order chi connectivity index (χ0) is 24.4. The van der Waals surface area contributed by atoms with Crippen molar-refractivity contribution in [1.29, 1.82) is 0 Å². The second kappa shape index (κ2) is 12.4. The average molecular weight is 454 g/mol. The number of aliphatic carboxylic acids is 3. The van der Waals surface area contributed by atoms with Gasteiger partial charge in [-0.25, -0.2) is 4.79 Å². The summed E-state index contributed by atoms with van der Waals surface area (Å²) in [7, 11) is 0. The topological polar surface area (TPSA) is 156 Å². The second-order valence-corrected chi connectivity index (χ2v) is 8.44. The van der Waals surface area contributed by atoms with E-state index in [-0.39, 0.29) is 5.41 Å². The van der Waals surface area contributed by atoms with Gasteiger partial charge in [-0.15, -0.1) is 0 Å². The fourth-order valence-electron chi connectivity index (χ4n) is 4.14. The van der Waals surface area contributed by atoms with E-state index in [1.807, 2.05) is 12.1 Å². The quantitative estimate of drug-likeness (QED) is 0.340. The van der Waals surface area contributed by atoms with E-state index < -0.39 is 36.4 Å². The molecule has 0 aromatic heterocycles. The van der Waals surface area contributed by atoms with Crippen molar-refractivity contribution in [3.8, 4) is 5.75 Å². The molecule has 0 bridgehead atoms. The Morgan fingerprint density at radius 2 is 1.69 bits per heavy atom. The molecule has 180 valence electrons. The highest BCUT2D eigenvalue weighted by Crippen LogP contribution is 2.39. The summed E-state index contributed by atoms with van der Waals surface area (Å²) in [6, 6.07) is 7.92. The molecule has 1 aliphatic heterocycles. The summed E-state index contributed by atoms with van der Waals surface area (Å²) in [4.78, 5) is 33.1. The van der Waals surface area contributed by atoms with E-state index in [2.05, 4.69) is 24.8 Å². The average Bonchev–Trinajstić information content (AvgIpc) is 3.10. The maximum absolute atomic E-state index is 10.3. The number of hydrogen-bond donors (Lipinski definition) is 5. The highest BCUT2D eigenvalue weighted by molar-refractivity contribution is 5.88. The molecule has 0 radical (unpaired) electrons. The largest absolute Gasteiger partial charge is 0.508 e. The first-order valence-electron chi connectivity index (χ1n) is 10.9. The number of carbonyl (C=O) groups is 3. The van der Waals surface area contributed by atoms with Crippen molar-refractivity contribution in [3.63, 3.8) is 0 Å². The van der Waals surface area contributed by atoms with Crippen LogP contribution < -0.4 is 0 Å². The van der Waals surface area contributed by atoms with Gasteiger partial charge in [0.1, 0.15) is 5.75 Å². The molecule has 9 nitrogen and oxygen atoms in total. The molecular formula is C23H35NO8. The molecule has 0 spiro atoms. The number of benzene rings is 1. The van der Waals surface area contributed by atoms with E-state index >= 15 is 0 Å². The molecule has 0 amide bonds. The number of hydrogen-bond acceptors (Lipinski definition) is 6. The molecule has 5 N–H and O–H groups in total. The molecular weight excluding hydrogens is 418 g/mol. The Kier molecular flexibility index (Phi) is 10.6. The highest BCUT2D eigenvalue weighted by atomic mass is 16.4. The molecule has 1 heterocycles. The monoisotopic (exact) mass is 453 g/mol. The van der Waals surface area contributed by atoms with E-state index in [1.54, 1.807) is 6.07 Å². The van der Waals surface area contributed by atoms with Gasteiger partial charge in [-0.05, 0) is 50.0 Å². The Morgan fingerprint density at radius 3 is 2.16 bits per heavy atom. The minimum absolute atomic E-state index is 0.265. The third-order valence-electron chi connectivity index (χ3n) is 5.73. The van der Waals surface area contributed by atoms with Crippen LogP contribution in [-0.4, -0.2) is 73.6 Å². The van der Waals surface area contributed by atoms with Gasteiger partial charge in [0.2, 0.25) is 0 Å². The lowest BCUT2D eigenvalue weighted by Gasteiger charge is -2.30. The fourth-order valence-corrected chi connectivity index (χ4v) is 4.14. The molecule has 2 rings (SSSR count). The van der Waals surface area contributed by atoms with Crippen LogP contribution in [0.5, 0.6) is 5.75 Å². The number of unbranched alkanes of at least 4 members (excludes halogenated alkanes) is 1. The number of phenolic OH excluding ortho intramolecular Hbond substituents is 1. The third kappa shape index (κ3) is 8.12. The van der Waals surface area contributed by atoms with Gasteiger partial charge < -0.3 is 30.4 Å². The van der Waals surface area contributed by atoms with Gasteiger partial charge in [0.25, 0.3) is 0 Å². The van der Waals surface area contributed by atoms with E-state index in [9.17, 15) is 19.5 Å². The molecule has 9 heteroatoms. The Bertz CT molecular complexity index is 765. The normalized spacial score (nSPS) is 18.6. The van der Waals surface area contributed by atoms with Crippen molar-refractivity contribution < 1.29 is 39.9 Å². The van der Waals surface area contributed by atoms with Crippen molar-refractivity contribution in [2.24, 2.45) is 0 Å². The molecule has 1 aromatic carbocycles. The SMILES string of the molecule is CCCCN1CCC(CCC)(c2cccc(O)c2)C1.O=C(O)CC(O)(CC(=O)O)C(=O)O. The van der Waals surface area contributed by atoms with Gasteiger partial charge in [0.15, 0.2) is 5.60 Å². The minimum Gasteiger partial charge on any atom is -0.508 e. The van der Waals surface area contributed by atoms with Crippen LogP contribution in [0.2, 0.25) is 0 Å². The zero-order valence-corrected chi connectivity index (χ0v) is 18.8. The summed E-state index contributed by atoms with van der Waals surface area (Å²) in [5, 5.41) is 43.6. The maximum atomic E-state index is 10.3. The number of likely N-dealkylation sites (tertiary alicyclic amines) is 1. The van der Waals surface area contributed by atoms with Crippen molar-refractivity contribution in [2.45, 2.75) is 69.8 Å². The van der Waals surface area contributed by atoms with Crippen LogP contribution >= 0.6 is 0 Å². The van der Waals surface area contributed by atoms with Gasteiger partial charge in [-0.3, -0.25) is 9.59 Å². The van der Waals surface area contributed by atoms with Gasteiger partial charge in [0, 0.05) is 12.0 Å². The van der Waals surface area contributed by atoms with Crippen molar-refractivity contribution in [3.05, 3.63) is 29.8 Å². The summed E-state index contributed by atoms with van der Waals surface area (Å²) in [5.74, 6) is -4.62. The molecule has 1 aromatic rings. The molecule has 0 saturated carbocycles. The standard InChI is InChI=1S/C17H27NO.C6H8O7/c1-3-5-11-18-12-10-17(14-18,9-4-2)15-7-6-8-16(19)13-15;7-3(8)1-6(13,5(11)12)2-4(9)10/h6-8,13,19H,3-5,9-12,14H2,1-2H3;13H,1-2H2,(H,7,8)(H,9,10)(H,11,12). The Morgan fingerprint density at radius 1 is 1.06 bits per heavy atom. The molecule has 1 atom stereocenters. The van der Waals surface area contributed by atoms with Gasteiger partial charge in [-0.1, -0.05) is 38.8 Å². The third-order valence-corrected chi connectivity index (χ3v) is 5.73. The van der Waals surface area contributed by atoms with Crippen LogP contribution in [0.15, 0.2) is 24.3 Å². The Labute approximate surface area is 188 Å². The maximum Gasteiger partial charge on any atom is 0.336 e. The number of aromatic hydroxyl groups is 1. The second-order valence-electron chi connectivity index (χ2n) is 8.44. The van der Waals surface area contributed by atoms with Crippen LogP contribution in [0.3, 0.4) is 0 Å². The minimum atomic E-state index is -2.74. The Balaban J connectivity index is 0.000000347. The lowest BCUT2D eigenvalue weighted by Crippen LogP contribution is -2.42. The number of phenols is 1. The fraction of sp³-hybridized carbons (Fsp3) is 0.609. The molecule has 0 aliphatic carbocycles. The van der Waals surface area contributed by atoms with E-state index in [0.717, 1.165) is 6.54 Å². The van der Waals surface area contributed by atoms with Crippen LogP contribution in [-0.2, 0) is 19.8 Å². The number of carboxylic acid groups (broad SMARTS) is 3. The summed E-state index contributed by atoms with van der Waals surface area (Å²) in [5.41, 5.74) is -1.15.